The van der Waals surface area contributed by atoms with Crippen molar-refractivity contribution >= 4 is 31.9 Å². The number of benzene rings is 2. The van der Waals surface area contributed by atoms with Crippen molar-refractivity contribution in [2.75, 3.05) is 6.61 Å². The molecule has 1 aliphatic heterocycles. The summed E-state index contributed by atoms with van der Waals surface area (Å²) in [6.45, 7) is 0.735. The Balaban J connectivity index is 1.97. The van der Waals surface area contributed by atoms with Crippen LogP contribution in [0.3, 0.4) is 0 Å². The van der Waals surface area contributed by atoms with E-state index in [0.29, 0.717) is 5.56 Å². The largest absolute Gasteiger partial charge is 0.493 e. The van der Waals surface area contributed by atoms with E-state index in [1.807, 2.05) is 18.2 Å². The minimum absolute atomic E-state index is 0.147. The van der Waals surface area contributed by atoms with E-state index in [9.17, 15) is 4.39 Å². The minimum Gasteiger partial charge on any atom is -0.493 e. The van der Waals surface area contributed by atoms with E-state index in [2.05, 4.69) is 37.9 Å². The van der Waals surface area contributed by atoms with Crippen LogP contribution in [0.5, 0.6) is 5.75 Å². The summed E-state index contributed by atoms with van der Waals surface area (Å²) >= 11 is 6.85. The van der Waals surface area contributed by atoms with Gasteiger partial charge in [0, 0.05) is 16.5 Å². The minimum atomic E-state index is -0.215. The zero-order valence-corrected chi connectivity index (χ0v) is 13.2. The van der Waals surface area contributed by atoms with Gasteiger partial charge in [-0.3, -0.25) is 0 Å². The van der Waals surface area contributed by atoms with Gasteiger partial charge in [0.25, 0.3) is 0 Å². The van der Waals surface area contributed by atoms with Crippen molar-refractivity contribution in [3.8, 4) is 5.75 Å². The van der Waals surface area contributed by atoms with Crippen molar-refractivity contribution in [3.63, 3.8) is 0 Å². The van der Waals surface area contributed by atoms with Gasteiger partial charge in [0.2, 0.25) is 0 Å². The fourth-order valence-corrected chi connectivity index (χ4v) is 3.24. The summed E-state index contributed by atoms with van der Waals surface area (Å²) in [5, 5.41) is 0. The number of rotatable bonds is 2. The third-order valence-electron chi connectivity index (χ3n) is 3.24. The van der Waals surface area contributed by atoms with Crippen LogP contribution in [0.4, 0.5) is 4.39 Å². The number of ether oxygens (including phenoxy) is 1. The van der Waals surface area contributed by atoms with Crippen LogP contribution < -0.4 is 4.74 Å². The Morgan fingerprint density at radius 1 is 1.16 bits per heavy atom. The molecule has 0 saturated heterocycles. The van der Waals surface area contributed by atoms with Crippen LogP contribution in [0.1, 0.15) is 21.5 Å². The van der Waals surface area contributed by atoms with Crippen LogP contribution in [0.25, 0.3) is 0 Å². The Morgan fingerprint density at radius 2 is 2.00 bits per heavy atom. The number of fused-ring (bicyclic) bond motifs is 1. The Labute approximate surface area is 128 Å². The highest BCUT2D eigenvalue weighted by Gasteiger charge is 2.18. The van der Waals surface area contributed by atoms with Crippen molar-refractivity contribution in [2.45, 2.75) is 11.2 Å². The SMILES string of the molecule is Fc1cc(Br)ccc1C(Br)c1ccc2c(c1)CCO2. The van der Waals surface area contributed by atoms with E-state index in [4.69, 9.17) is 4.74 Å². The molecule has 3 rings (SSSR count). The van der Waals surface area contributed by atoms with Crippen LogP contribution in [0.2, 0.25) is 0 Å². The molecule has 1 unspecified atom stereocenters. The standard InChI is InChI=1S/C15H11Br2FO/c16-11-2-3-12(13(18)8-11)15(17)10-1-4-14-9(7-10)5-6-19-14/h1-4,7-8,15H,5-6H2. The van der Waals surface area contributed by atoms with Gasteiger partial charge < -0.3 is 4.74 Å². The molecule has 0 aliphatic carbocycles. The molecule has 0 aromatic heterocycles. The molecule has 0 spiro atoms. The fourth-order valence-electron chi connectivity index (χ4n) is 2.25. The monoisotopic (exact) mass is 384 g/mol. The molecule has 1 heterocycles. The first-order valence-electron chi connectivity index (χ1n) is 6.00. The average Bonchev–Trinajstić information content (AvgIpc) is 2.85. The Bertz CT molecular complexity index is 628. The lowest BCUT2D eigenvalue weighted by molar-refractivity contribution is 0.357. The first-order valence-corrected chi connectivity index (χ1v) is 7.70. The predicted molar refractivity (Wildman–Crippen MR) is 80.5 cm³/mol. The smallest absolute Gasteiger partial charge is 0.129 e. The molecular weight excluding hydrogens is 375 g/mol. The maximum atomic E-state index is 14.0. The molecule has 1 atom stereocenters. The second-order valence-electron chi connectivity index (χ2n) is 4.49. The predicted octanol–water partition coefficient (Wildman–Crippen LogP) is 5.01. The number of alkyl halides is 1. The lowest BCUT2D eigenvalue weighted by Crippen LogP contribution is -1.97. The van der Waals surface area contributed by atoms with E-state index in [-0.39, 0.29) is 10.6 Å². The molecular formula is C15H11Br2FO. The molecule has 19 heavy (non-hydrogen) atoms. The summed E-state index contributed by atoms with van der Waals surface area (Å²) in [4.78, 5) is -0.147. The normalized spacial score (nSPS) is 14.9. The van der Waals surface area contributed by atoms with Gasteiger partial charge in [-0.25, -0.2) is 4.39 Å². The molecule has 1 nitrogen and oxygen atoms in total. The zero-order valence-electron chi connectivity index (χ0n) is 10.00. The lowest BCUT2D eigenvalue weighted by atomic mass is 10.0. The summed E-state index contributed by atoms with van der Waals surface area (Å²) in [5.74, 6) is 0.729. The highest BCUT2D eigenvalue weighted by molar-refractivity contribution is 9.10. The highest BCUT2D eigenvalue weighted by atomic mass is 79.9. The Kier molecular flexibility index (Phi) is 3.63. The summed E-state index contributed by atoms with van der Waals surface area (Å²) in [7, 11) is 0. The Hall–Kier alpha value is -0.870. The lowest BCUT2D eigenvalue weighted by Gasteiger charge is -2.13. The molecule has 0 bridgehead atoms. The topological polar surface area (TPSA) is 9.23 Å². The molecule has 4 heteroatoms. The highest BCUT2D eigenvalue weighted by Crippen LogP contribution is 2.36. The van der Waals surface area contributed by atoms with Gasteiger partial charge in [0.15, 0.2) is 0 Å². The van der Waals surface area contributed by atoms with E-state index >= 15 is 0 Å². The van der Waals surface area contributed by atoms with Gasteiger partial charge in [-0.2, -0.15) is 0 Å². The molecule has 0 radical (unpaired) electrons. The van der Waals surface area contributed by atoms with Gasteiger partial charge in [-0.1, -0.05) is 50.1 Å². The molecule has 0 N–H and O–H groups in total. The second kappa shape index (κ2) is 5.25. The first-order chi connectivity index (χ1) is 9.15. The molecule has 98 valence electrons. The molecule has 2 aromatic rings. The first kappa shape index (κ1) is 13.1. The quantitative estimate of drug-likeness (QED) is 0.660. The van der Waals surface area contributed by atoms with Crippen LogP contribution in [0.15, 0.2) is 40.9 Å². The molecule has 0 saturated carbocycles. The maximum Gasteiger partial charge on any atom is 0.129 e. The van der Waals surface area contributed by atoms with E-state index < -0.39 is 0 Å². The van der Waals surface area contributed by atoms with Gasteiger partial charge >= 0.3 is 0 Å². The van der Waals surface area contributed by atoms with Gasteiger partial charge in [-0.15, -0.1) is 0 Å². The van der Waals surface area contributed by atoms with Gasteiger partial charge in [-0.05, 0) is 29.3 Å². The van der Waals surface area contributed by atoms with Crippen molar-refractivity contribution < 1.29 is 9.13 Å². The molecule has 2 aromatic carbocycles. The number of halogens is 3. The third-order valence-corrected chi connectivity index (χ3v) is 4.76. The fraction of sp³-hybridized carbons (Fsp3) is 0.200. The van der Waals surface area contributed by atoms with Crippen molar-refractivity contribution in [3.05, 3.63) is 63.4 Å². The second-order valence-corrected chi connectivity index (χ2v) is 6.33. The van der Waals surface area contributed by atoms with Crippen LogP contribution in [-0.2, 0) is 6.42 Å². The maximum absolute atomic E-state index is 14.0. The summed E-state index contributed by atoms with van der Waals surface area (Å²) in [5.41, 5.74) is 2.88. The summed E-state index contributed by atoms with van der Waals surface area (Å²) in [6.07, 6.45) is 0.922. The van der Waals surface area contributed by atoms with Crippen molar-refractivity contribution in [2.24, 2.45) is 0 Å². The van der Waals surface area contributed by atoms with E-state index in [1.165, 1.54) is 11.6 Å². The molecule has 0 fully saturated rings. The Morgan fingerprint density at radius 3 is 2.79 bits per heavy atom. The molecule has 0 amide bonds. The number of hydrogen-bond acceptors (Lipinski definition) is 1. The number of hydrogen-bond donors (Lipinski definition) is 0. The summed E-state index contributed by atoms with van der Waals surface area (Å²) < 4.78 is 20.2. The van der Waals surface area contributed by atoms with Gasteiger partial charge in [0.05, 0.1) is 11.4 Å². The van der Waals surface area contributed by atoms with Gasteiger partial charge in [0.1, 0.15) is 11.6 Å². The van der Waals surface area contributed by atoms with Crippen LogP contribution in [0, 0.1) is 5.82 Å². The van der Waals surface area contributed by atoms with E-state index in [0.717, 1.165) is 28.8 Å². The summed E-state index contributed by atoms with van der Waals surface area (Å²) in [6, 6.07) is 11.2. The van der Waals surface area contributed by atoms with E-state index in [1.54, 1.807) is 6.07 Å². The average molecular weight is 386 g/mol. The third kappa shape index (κ3) is 2.56. The van der Waals surface area contributed by atoms with Crippen LogP contribution >= 0.6 is 31.9 Å². The molecule has 1 aliphatic rings. The van der Waals surface area contributed by atoms with Crippen molar-refractivity contribution in [1.29, 1.82) is 0 Å². The zero-order chi connectivity index (χ0) is 13.4. The van der Waals surface area contributed by atoms with Crippen LogP contribution in [-0.4, -0.2) is 6.61 Å². The van der Waals surface area contributed by atoms with Crippen molar-refractivity contribution in [1.82, 2.24) is 0 Å².